The average Bonchev–Trinajstić information content (AvgIpc) is 2.29. The van der Waals surface area contributed by atoms with Crippen LogP contribution in [0.1, 0.15) is 11.3 Å². The number of hydrogen-bond acceptors (Lipinski definition) is 4. The van der Waals surface area contributed by atoms with Crippen LogP contribution < -0.4 is 5.73 Å². The SMILES string of the molecule is Cc1nc(-c2ncc(Br)cc2Br)ncc1CN. The van der Waals surface area contributed by atoms with E-state index in [1.165, 1.54) is 0 Å². The lowest BCUT2D eigenvalue weighted by Crippen LogP contribution is -2.04. The minimum atomic E-state index is 0.445. The van der Waals surface area contributed by atoms with Crippen molar-refractivity contribution in [3.63, 3.8) is 0 Å². The van der Waals surface area contributed by atoms with Crippen LogP contribution in [-0.4, -0.2) is 15.0 Å². The summed E-state index contributed by atoms with van der Waals surface area (Å²) in [4.78, 5) is 13.0. The molecule has 0 spiro atoms. The Morgan fingerprint density at radius 3 is 2.59 bits per heavy atom. The van der Waals surface area contributed by atoms with Crippen molar-refractivity contribution in [3.05, 3.63) is 38.7 Å². The van der Waals surface area contributed by atoms with Crippen LogP contribution in [0.3, 0.4) is 0 Å². The number of pyridine rings is 1. The molecule has 0 aromatic carbocycles. The molecule has 0 aliphatic carbocycles. The number of rotatable bonds is 2. The maximum Gasteiger partial charge on any atom is 0.179 e. The topological polar surface area (TPSA) is 64.7 Å². The Kier molecular flexibility index (Phi) is 3.86. The summed E-state index contributed by atoms with van der Waals surface area (Å²) in [5.74, 6) is 0.596. The smallest absolute Gasteiger partial charge is 0.179 e. The molecule has 0 saturated heterocycles. The van der Waals surface area contributed by atoms with Crippen molar-refractivity contribution >= 4 is 31.9 Å². The molecule has 2 aromatic heterocycles. The van der Waals surface area contributed by atoms with Crippen molar-refractivity contribution in [3.8, 4) is 11.5 Å². The minimum absolute atomic E-state index is 0.445. The predicted molar refractivity (Wildman–Crippen MR) is 73.3 cm³/mol. The van der Waals surface area contributed by atoms with Gasteiger partial charge in [0.25, 0.3) is 0 Å². The number of aromatic nitrogens is 3. The molecule has 6 heteroatoms. The fourth-order valence-corrected chi connectivity index (χ4v) is 2.55. The minimum Gasteiger partial charge on any atom is -0.326 e. The maximum atomic E-state index is 5.58. The Balaban J connectivity index is 2.50. The van der Waals surface area contributed by atoms with Crippen LogP contribution in [0.2, 0.25) is 0 Å². The highest BCUT2D eigenvalue weighted by Gasteiger charge is 2.10. The summed E-state index contributed by atoms with van der Waals surface area (Å²) in [5, 5.41) is 0. The van der Waals surface area contributed by atoms with Gasteiger partial charge in [-0.05, 0) is 44.8 Å². The van der Waals surface area contributed by atoms with E-state index >= 15 is 0 Å². The summed E-state index contributed by atoms with van der Waals surface area (Å²) in [6.07, 6.45) is 3.46. The largest absolute Gasteiger partial charge is 0.326 e. The van der Waals surface area contributed by atoms with Crippen molar-refractivity contribution < 1.29 is 0 Å². The molecule has 4 nitrogen and oxygen atoms in total. The van der Waals surface area contributed by atoms with Crippen LogP contribution in [0.5, 0.6) is 0 Å². The van der Waals surface area contributed by atoms with E-state index in [-0.39, 0.29) is 0 Å². The van der Waals surface area contributed by atoms with Gasteiger partial charge in [0.05, 0.1) is 0 Å². The second-order valence-corrected chi connectivity index (χ2v) is 5.26. The maximum absolute atomic E-state index is 5.58. The summed E-state index contributed by atoms with van der Waals surface area (Å²) >= 11 is 6.80. The molecule has 0 aliphatic rings. The van der Waals surface area contributed by atoms with E-state index in [2.05, 4.69) is 46.8 Å². The van der Waals surface area contributed by atoms with Crippen molar-refractivity contribution in [2.45, 2.75) is 13.5 Å². The van der Waals surface area contributed by atoms with E-state index in [0.29, 0.717) is 12.4 Å². The molecule has 2 aromatic rings. The lowest BCUT2D eigenvalue weighted by molar-refractivity contribution is 0.967. The number of aryl methyl sites for hydroxylation is 1. The van der Waals surface area contributed by atoms with Gasteiger partial charge in [0.1, 0.15) is 5.69 Å². The third kappa shape index (κ3) is 2.70. The highest BCUT2D eigenvalue weighted by atomic mass is 79.9. The van der Waals surface area contributed by atoms with Gasteiger partial charge in [-0.1, -0.05) is 0 Å². The molecule has 2 heterocycles. The van der Waals surface area contributed by atoms with Gasteiger partial charge in [-0.25, -0.2) is 9.97 Å². The van der Waals surface area contributed by atoms with E-state index in [1.54, 1.807) is 12.4 Å². The van der Waals surface area contributed by atoms with Gasteiger partial charge in [-0.3, -0.25) is 4.98 Å². The van der Waals surface area contributed by atoms with E-state index in [4.69, 9.17) is 5.73 Å². The molecule has 0 bridgehead atoms. The molecule has 17 heavy (non-hydrogen) atoms. The van der Waals surface area contributed by atoms with Crippen molar-refractivity contribution in [1.29, 1.82) is 0 Å². The molecule has 2 rings (SSSR count). The molecule has 0 saturated carbocycles. The third-order valence-electron chi connectivity index (χ3n) is 2.32. The predicted octanol–water partition coefficient (Wildman–Crippen LogP) is 2.83. The quantitative estimate of drug-likeness (QED) is 0.897. The van der Waals surface area contributed by atoms with Gasteiger partial charge < -0.3 is 5.73 Å². The highest BCUT2D eigenvalue weighted by Crippen LogP contribution is 2.26. The fourth-order valence-electron chi connectivity index (χ4n) is 1.39. The molecule has 0 amide bonds. The van der Waals surface area contributed by atoms with Gasteiger partial charge in [-0.2, -0.15) is 0 Å². The molecule has 0 radical (unpaired) electrons. The Hall–Kier alpha value is -0.850. The number of hydrogen-bond donors (Lipinski definition) is 1. The van der Waals surface area contributed by atoms with Crippen LogP contribution in [0.4, 0.5) is 0 Å². The average molecular weight is 358 g/mol. The van der Waals surface area contributed by atoms with Crippen molar-refractivity contribution in [1.82, 2.24) is 15.0 Å². The first-order valence-electron chi connectivity index (χ1n) is 4.96. The lowest BCUT2D eigenvalue weighted by atomic mass is 10.2. The van der Waals surface area contributed by atoms with Crippen molar-refractivity contribution in [2.75, 3.05) is 0 Å². The van der Waals surface area contributed by atoms with Crippen LogP contribution in [-0.2, 0) is 6.54 Å². The number of nitrogens with zero attached hydrogens (tertiary/aromatic N) is 3. The first kappa shape index (κ1) is 12.6. The fraction of sp³-hybridized carbons (Fsp3) is 0.182. The number of nitrogens with two attached hydrogens (primary N) is 1. The summed E-state index contributed by atoms with van der Waals surface area (Å²) in [7, 11) is 0. The highest BCUT2D eigenvalue weighted by molar-refractivity contribution is 9.11. The monoisotopic (exact) mass is 356 g/mol. The second-order valence-electron chi connectivity index (χ2n) is 3.49. The molecule has 2 N–H and O–H groups in total. The van der Waals surface area contributed by atoms with Crippen LogP contribution in [0.15, 0.2) is 27.4 Å². The molecular weight excluding hydrogens is 348 g/mol. The standard InChI is InChI=1S/C11H10Br2N4/c1-6-7(3-14)4-16-11(17-6)10-9(13)2-8(12)5-15-10/h2,4-5H,3,14H2,1H3. The Bertz CT molecular complexity index is 557. The normalized spacial score (nSPS) is 10.6. The van der Waals surface area contributed by atoms with Gasteiger partial charge >= 0.3 is 0 Å². The van der Waals surface area contributed by atoms with Crippen LogP contribution in [0.25, 0.3) is 11.5 Å². The van der Waals surface area contributed by atoms with E-state index in [0.717, 1.165) is 25.9 Å². The molecule has 0 unspecified atom stereocenters. The van der Waals surface area contributed by atoms with Crippen LogP contribution >= 0.6 is 31.9 Å². The molecule has 0 aliphatic heterocycles. The summed E-state index contributed by atoms with van der Waals surface area (Å²) in [6.45, 7) is 2.36. The zero-order valence-corrected chi connectivity index (χ0v) is 12.3. The Morgan fingerprint density at radius 1 is 1.24 bits per heavy atom. The Morgan fingerprint density at radius 2 is 2.00 bits per heavy atom. The first-order valence-corrected chi connectivity index (χ1v) is 6.54. The zero-order chi connectivity index (χ0) is 12.4. The van der Waals surface area contributed by atoms with E-state index in [9.17, 15) is 0 Å². The summed E-state index contributed by atoms with van der Waals surface area (Å²) in [5.41, 5.74) is 8.13. The van der Waals surface area contributed by atoms with Gasteiger partial charge in [0, 0.05) is 39.1 Å². The summed E-state index contributed by atoms with van der Waals surface area (Å²) in [6, 6.07) is 1.91. The van der Waals surface area contributed by atoms with Crippen molar-refractivity contribution in [2.24, 2.45) is 5.73 Å². The van der Waals surface area contributed by atoms with Crippen LogP contribution in [0, 0.1) is 6.92 Å². The molecule has 0 atom stereocenters. The first-order chi connectivity index (χ1) is 8.11. The van der Waals surface area contributed by atoms with E-state index in [1.807, 2.05) is 13.0 Å². The molecular formula is C11H10Br2N4. The van der Waals surface area contributed by atoms with E-state index < -0.39 is 0 Å². The van der Waals surface area contributed by atoms with Gasteiger partial charge in [0.15, 0.2) is 5.82 Å². The number of halogens is 2. The zero-order valence-electron chi connectivity index (χ0n) is 9.11. The van der Waals surface area contributed by atoms with Gasteiger partial charge in [0.2, 0.25) is 0 Å². The summed E-state index contributed by atoms with van der Waals surface area (Å²) < 4.78 is 1.76. The molecule has 88 valence electrons. The molecule has 0 fully saturated rings. The third-order valence-corrected chi connectivity index (χ3v) is 3.36. The second kappa shape index (κ2) is 5.20. The Labute approximate surface area is 116 Å². The van der Waals surface area contributed by atoms with Gasteiger partial charge in [-0.15, -0.1) is 0 Å². The lowest BCUT2D eigenvalue weighted by Gasteiger charge is -2.06.